The molecular weight excluding hydrogens is 339 g/mol. The average molecular weight is 364 g/mol. The molecular formula is C18H25FN4OS. The van der Waals surface area contributed by atoms with Gasteiger partial charge in [0.1, 0.15) is 0 Å². The van der Waals surface area contributed by atoms with E-state index >= 15 is 0 Å². The van der Waals surface area contributed by atoms with Gasteiger partial charge < -0.3 is 15.4 Å². The Morgan fingerprint density at radius 2 is 2.20 bits per heavy atom. The number of rotatable bonds is 7. The summed E-state index contributed by atoms with van der Waals surface area (Å²) in [6.07, 6.45) is 0.937. The van der Waals surface area contributed by atoms with Crippen LogP contribution >= 0.6 is 11.3 Å². The first kappa shape index (κ1) is 19.2. The fourth-order valence-corrected chi connectivity index (χ4v) is 3.04. The Kier molecular flexibility index (Phi) is 7.18. The third-order valence-corrected chi connectivity index (χ3v) is 4.72. The standard InChI is InChI=1S/C18H25FN4OS/c1-5-17-23-14(11-25-17)10-21-18(20-6-2)22-12(3)13-7-8-16(24-4)15(19)9-13/h7-9,11-12H,5-6,10H2,1-4H3,(H2,20,21,22). The summed E-state index contributed by atoms with van der Waals surface area (Å²) in [5.74, 6) is 0.550. The second-order valence-corrected chi connectivity index (χ2v) is 6.48. The second kappa shape index (κ2) is 9.36. The summed E-state index contributed by atoms with van der Waals surface area (Å²) in [5, 5.41) is 9.66. The molecule has 1 aromatic heterocycles. The molecule has 0 radical (unpaired) electrons. The maximum absolute atomic E-state index is 13.9. The lowest BCUT2D eigenvalue weighted by Gasteiger charge is -2.18. The number of hydrogen-bond acceptors (Lipinski definition) is 4. The summed E-state index contributed by atoms with van der Waals surface area (Å²) >= 11 is 1.66. The molecule has 25 heavy (non-hydrogen) atoms. The van der Waals surface area contributed by atoms with Crippen molar-refractivity contribution >= 4 is 17.3 Å². The lowest BCUT2D eigenvalue weighted by atomic mass is 10.1. The van der Waals surface area contributed by atoms with Crippen LogP contribution in [0.25, 0.3) is 0 Å². The molecule has 0 fully saturated rings. The SMILES string of the molecule is CCNC(=NCc1csc(CC)n1)NC(C)c1ccc(OC)c(F)c1. The van der Waals surface area contributed by atoms with Gasteiger partial charge in [-0.2, -0.15) is 0 Å². The minimum atomic E-state index is -0.370. The van der Waals surface area contributed by atoms with Gasteiger partial charge in [-0.25, -0.2) is 14.4 Å². The van der Waals surface area contributed by atoms with Crippen molar-refractivity contribution in [1.82, 2.24) is 15.6 Å². The molecule has 0 amide bonds. The highest BCUT2D eigenvalue weighted by atomic mass is 32.1. The number of thiazole rings is 1. The minimum absolute atomic E-state index is 0.0974. The van der Waals surface area contributed by atoms with Crippen LogP contribution in [0.1, 0.15) is 43.1 Å². The topological polar surface area (TPSA) is 58.5 Å². The first-order valence-electron chi connectivity index (χ1n) is 8.38. The fraction of sp³-hybridized carbons (Fsp3) is 0.444. The molecule has 0 spiro atoms. The quantitative estimate of drug-likeness (QED) is 0.581. The highest BCUT2D eigenvalue weighted by Crippen LogP contribution is 2.21. The molecule has 2 N–H and O–H groups in total. The second-order valence-electron chi connectivity index (χ2n) is 5.54. The highest BCUT2D eigenvalue weighted by molar-refractivity contribution is 7.09. The number of aliphatic imine (C=N–C) groups is 1. The minimum Gasteiger partial charge on any atom is -0.494 e. The maximum Gasteiger partial charge on any atom is 0.192 e. The van der Waals surface area contributed by atoms with Gasteiger partial charge in [-0.3, -0.25) is 0 Å². The summed E-state index contributed by atoms with van der Waals surface area (Å²) in [4.78, 5) is 9.09. The van der Waals surface area contributed by atoms with E-state index in [0.29, 0.717) is 12.5 Å². The number of benzene rings is 1. The lowest BCUT2D eigenvalue weighted by Crippen LogP contribution is -2.38. The van der Waals surface area contributed by atoms with E-state index < -0.39 is 0 Å². The normalized spacial score (nSPS) is 12.8. The van der Waals surface area contributed by atoms with E-state index in [4.69, 9.17) is 4.74 Å². The molecule has 2 rings (SSSR count). The van der Waals surface area contributed by atoms with E-state index in [1.165, 1.54) is 13.2 Å². The van der Waals surface area contributed by atoms with Crippen molar-refractivity contribution in [2.75, 3.05) is 13.7 Å². The van der Waals surface area contributed by atoms with Crippen LogP contribution in [0, 0.1) is 5.82 Å². The van der Waals surface area contributed by atoms with Gasteiger partial charge in [0.15, 0.2) is 17.5 Å². The van der Waals surface area contributed by atoms with Gasteiger partial charge in [0.2, 0.25) is 0 Å². The molecule has 1 atom stereocenters. The largest absolute Gasteiger partial charge is 0.494 e. The summed E-state index contributed by atoms with van der Waals surface area (Å²) in [5.41, 5.74) is 1.79. The Balaban J connectivity index is 2.06. The number of hydrogen-bond donors (Lipinski definition) is 2. The van der Waals surface area contributed by atoms with Crippen LogP contribution in [-0.4, -0.2) is 24.6 Å². The Hall–Kier alpha value is -2.15. The van der Waals surface area contributed by atoms with E-state index in [9.17, 15) is 4.39 Å². The molecule has 136 valence electrons. The van der Waals surface area contributed by atoms with Crippen molar-refractivity contribution in [3.63, 3.8) is 0 Å². The van der Waals surface area contributed by atoms with Crippen LogP contribution in [0.5, 0.6) is 5.75 Å². The molecule has 2 aromatic rings. The van der Waals surface area contributed by atoms with Crippen molar-refractivity contribution in [1.29, 1.82) is 0 Å². The molecule has 1 aromatic carbocycles. The molecule has 0 aliphatic carbocycles. The monoisotopic (exact) mass is 364 g/mol. The van der Waals surface area contributed by atoms with Crippen molar-refractivity contribution in [2.24, 2.45) is 4.99 Å². The maximum atomic E-state index is 13.9. The van der Waals surface area contributed by atoms with E-state index in [1.54, 1.807) is 17.4 Å². The van der Waals surface area contributed by atoms with Crippen LogP contribution in [0.3, 0.4) is 0 Å². The van der Waals surface area contributed by atoms with Gasteiger partial charge in [-0.1, -0.05) is 13.0 Å². The van der Waals surface area contributed by atoms with Gasteiger partial charge in [0.25, 0.3) is 0 Å². The third kappa shape index (κ3) is 5.42. The summed E-state index contributed by atoms with van der Waals surface area (Å²) in [7, 11) is 1.46. The van der Waals surface area contributed by atoms with Gasteiger partial charge in [-0.05, 0) is 38.0 Å². The van der Waals surface area contributed by atoms with Gasteiger partial charge in [-0.15, -0.1) is 11.3 Å². The van der Waals surface area contributed by atoms with Gasteiger partial charge in [0, 0.05) is 11.9 Å². The van der Waals surface area contributed by atoms with E-state index in [1.807, 2.05) is 25.3 Å². The summed E-state index contributed by atoms with van der Waals surface area (Å²) in [6, 6.07) is 4.86. The molecule has 7 heteroatoms. The van der Waals surface area contributed by atoms with E-state index in [0.717, 1.165) is 29.2 Å². The number of aryl methyl sites for hydroxylation is 1. The van der Waals surface area contributed by atoms with Crippen LogP contribution in [-0.2, 0) is 13.0 Å². The zero-order valence-corrected chi connectivity index (χ0v) is 15.9. The first-order chi connectivity index (χ1) is 12.1. The molecule has 0 bridgehead atoms. The number of methoxy groups -OCH3 is 1. The van der Waals surface area contributed by atoms with Crippen LogP contribution < -0.4 is 15.4 Å². The first-order valence-corrected chi connectivity index (χ1v) is 9.26. The van der Waals surface area contributed by atoms with Crippen LogP contribution in [0.4, 0.5) is 4.39 Å². The Morgan fingerprint density at radius 3 is 2.80 bits per heavy atom. The predicted octanol–water partition coefficient (Wildman–Crippen LogP) is 3.67. The molecule has 0 saturated carbocycles. The molecule has 1 heterocycles. The molecule has 1 unspecified atom stereocenters. The van der Waals surface area contributed by atoms with Crippen LogP contribution in [0.2, 0.25) is 0 Å². The Bertz CT molecular complexity index is 717. The molecule has 0 saturated heterocycles. The summed E-state index contributed by atoms with van der Waals surface area (Å²) in [6.45, 7) is 7.31. The van der Waals surface area contributed by atoms with Crippen LogP contribution in [0.15, 0.2) is 28.6 Å². The predicted molar refractivity (Wildman–Crippen MR) is 101 cm³/mol. The Labute approximate surface area is 152 Å². The average Bonchev–Trinajstić information content (AvgIpc) is 3.07. The van der Waals surface area contributed by atoms with Crippen molar-refractivity contribution < 1.29 is 9.13 Å². The highest BCUT2D eigenvalue weighted by Gasteiger charge is 2.11. The van der Waals surface area contributed by atoms with Crippen molar-refractivity contribution in [3.8, 4) is 5.75 Å². The van der Waals surface area contributed by atoms with Crippen molar-refractivity contribution in [2.45, 2.75) is 39.8 Å². The number of nitrogens with one attached hydrogen (secondary N) is 2. The van der Waals surface area contributed by atoms with E-state index in [2.05, 4.69) is 27.5 Å². The number of aromatic nitrogens is 1. The number of ether oxygens (including phenoxy) is 1. The lowest BCUT2D eigenvalue weighted by molar-refractivity contribution is 0.386. The number of guanidine groups is 1. The zero-order valence-electron chi connectivity index (χ0n) is 15.1. The van der Waals surface area contributed by atoms with E-state index in [-0.39, 0.29) is 17.6 Å². The molecule has 5 nitrogen and oxygen atoms in total. The fourth-order valence-electron chi connectivity index (χ4n) is 2.30. The van der Waals surface area contributed by atoms with Gasteiger partial charge in [0.05, 0.1) is 30.4 Å². The zero-order chi connectivity index (χ0) is 18.2. The smallest absolute Gasteiger partial charge is 0.192 e. The summed E-state index contributed by atoms with van der Waals surface area (Å²) < 4.78 is 18.9. The van der Waals surface area contributed by atoms with Gasteiger partial charge >= 0.3 is 0 Å². The Morgan fingerprint density at radius 1 is 1.40 bits per heavy atom. The number of nitrogens with zero attached hydrogens (tertiary/aromatic N) is 2. The molecule has 0 aliphatic heterocycles. The molecule has 0 aliphatic rings. The third-order valence-electron chi connectivity index (χ3n) is 3.67. The number of halogens is 1. The van der Waals surface area contributed by atoms with Crippen molar-refractivity contribution in [3.05, 3.63) is 45.7 Å².